The van der Waals surface area contributed by atoms with Gasteiger partial charge in [0.25, 0.3) is 5.91 Å². The molecule has 1 amide bonds. The number of aromatic hydroxyl groups is 1. The number of nitrogens with zero attached hydrogens (tertiary/aromatic N) is 1. The topological polar surface area (TPSA) is 75.4 Å². The Balaban J connectivity index is 2.24. The number of amides is 1. The Morgan fingerprint density at radius 1 is 1.44 bits per heavy atom. The van der Waals surface area contributed by atoms with Gasteiger partial charge in [-0.3, -0.25) is 4.79 Å². The van der Waals surface area contributed by atoms with Crippen LogP contribution in [0.25, 0.3) is 0 Å². The van der Waals surface area contributed by atoms with Gasteiger partial charge in [-0.1, -0.05) is 11.6 Å². The fourth-order valence-corrected chi connectivity index (χ4v) is 1.75. The molecule has 1 aromatic heterocycles. The number of aromatic nitrogens is 1. The minimum Gasteiger partial charge on any atom is -0.508 e. The lowest BCUT2D eigenvalue weighted by Gasteiger charge is -2.06. The van der Waals surface area contributed by atoms with Crippen molar-refractivity contribution in [1.29, 1.82) is 0 Å². The van der Waals surface area contributed by atoms with E-state index in [1.807, 2.05) is 0 Å². The number of nitrogens with one attached hydrogen (secondary N) is 1. The molecular formula is C12H11ClN2O3. The van der Waals surface area contributed by atoms with E-state index in [0.717, 1.165) is 0 Å². The van der Waals surface area contributed by atoms with E-state index >= 15 is 0 Å². The number of carbonyl (C=O) groups excluding carboxylic acids is 1. The highest BCUT2D eigenvalue weighted by Gasteiger charge is 2.17. The maximum atomic E-state index is 11.9. The molecule has 0 fully saturated rings. The van der Waals surface area contributed by atoms with Crippen LogP contribution in [0.4, 0.5) is 5.69 Å². The Labute approximate surface area is 108 Å². The van der Waals surface area contributed by atoms with Crippen molar-refractivity contribution >= 4 is 23.2 Å². The number of hydrogen-bond acceptors (Lipinski definition) is 4. The van der Waals surface area contributed by atoms with Crippen LogP contribution in [0, 0.1) is 13.8 Å². The lowest BCUT2D eigenvalue weighted by molar-refractivity contribution is 0.0994. The Kier molecular flexibility index (Phi) is 3.25. The number of hydrogen-bond donors (Lipinski definition) is 2. The zero-order valence-corrected chi connectivity index (χ0v) is 10.6. The molecule has 2 rings (SSSR count). The first-order chi connectivity index (χ1) is 8.47. The molecule has 18 heavy (non-hydrogen) atoms. The molecule has 0 unspecified atom stereocenters. The van der Waals surface area contributed by atoms with Gasteiger partial charge in [0.1, 0.15) is 5.75 Å². The number of halogens is 1. The van der Waals surface area contributed by atoms with Gasteiger partial charge in [0.2, 0.25) is 5.76 Å². The van der Waals surface area contributed by atoms with Crippen LogP contribution in [0.1, 0.15) is 22.1 Å². The molecule has 0 atom stereocenters. The van der Waals surface area contributed by atoms with E-state index in [1.165, 1.54) is 18.2 Å². The molecule has 0 saturated heterocycles. The highest BCUT2D eigenvalue weighted by molar-refractivity contribution is 6.34. The van der Waals surface area contributed by atoms with Gasteiger partial charge < -0.3 is 14.8 Å². The second-order valence-electron chi connectivity index (χ2n) is 3.77. The SMILES string of the molecule is Cc1nc(C)c(C(=O)Nc2ccc(O)cc2Cl)o1. The lowest BCUT2D eigenvalue weighted by Crippen LogP contribution is -2.12. The molecular weight excluding hydrogens is 256 g/mol. The van der Waals surface area contributed by atoms with Gasteiger partial charge in [-0.2, -0.15) is 0 Å². The predicted octanol–water partition coefficient (Wildman–Crippen LogP) is 2.90. The third kappa shape index (κ3) is 2.46. The molecule has 0 bridgehead atoms. The second kappa shape index (κ2) is 4.70. The zero-order chi connectivity index (χ0) is 13.3. The summed E-state index contributed by atoms with van der Waals surface area (Å²) >= 11 is 5.89. The highest BCUT2D eigenvalue weighted by atomic mass is 35.5. The Morgan fingerprint density at radius 3 is 2.72 bits per heavy atom. The molecule has 94 valence electrons. The Hall–Kier alpha value is -2.01. The molecule has 0 radical (unpaired) electrons. The van der Waals surface area contributed by atoms with Crippen LogP contribution < -0.4 is 5.32 Å². The number of anilines is 1. The number of carbonyl (C=O) groups is 1. The zero-order valence-electron chi connectivity index (χ0n) is 9.82. The van der Waals surface area contributed by atoms with Gasteiger partial charge >= 0.3 is 0 Å². The Morgan fingerprint density at radius 2 is 2.17 bits per heavy atom. The minimum absolute atomic E-state index is 0.0321. The van der Waals surface area contributed by atoms with Crippen LogP contribution >= 0.6 is 11.6 Å². The predicted molar refractivity (Wildman–Crippen MR) is 67.0 cm³/mol. The van der Waals surface area contributed by atoms with Gasteiger partial charge in [0.15, 0.2) is 5.89 Å². The summed E-state index contributed by atoms with van der Waals surface area (Å²) in [7, 11) is 0. The maximum absolute atomic E-state index is 11.9. The molecule has 6 heteroatoms. The molecule has 1 heterocycles. The first-order valence-corrected chi connectivity index (χ1v) is 5.59. The molecule has 0 aliphatic heterocycles. The van der Waals surface area contributed by atoms with Crippen molar-refractivity contribution in [3.8, 4) is 5.75 Å². The van der Waals surface area contributed by atoms with Crippen LogP contribution in [0.3, 0.4) is 0 Å². The van der Waals surface area contributed by atoms with Crippen molar-refractivity contribution < 1.29 is 14.3 Å². The molecule has 0 saturated carbocycles. The van der Waals surface area contributed by atoms with Gasteiger partial charge in [0, 0.05) is 13.0 Å². The number of oxazole rings is 1. The number of benzene rings is 1. The summed E-state index contributed by atoms with van der Waals surface area (Å²) in [4.78, 5) is 15.9. The number of phenols is 1. The summed E-state index contributed by atoms with van der Waals surface area (Å²) in [6, 6.07) is 4.28. The molecule has 0 aliphatic carbocycles. The van der Waals surface area contributed by atoms with Crippen LogP contribution in [0.5, 0.6) is 5.75 Å². The van der Waals surface area contributed by atoms with Crippen molar-refractivity contribution in [2.75, 3.05) is 5.32 Å². The quantitative estimate of drug-likeness (QED) is 0.820. The first kappa shape index (κ1) is 12.4. The van der Waals surface area contributed by atoms with Crippen molar-refractivity contribution in [1.82, 2.24) is 4.98 Å². The molecule has 1 aromatic carbocycles. The normalized spacial score (nSPS) is 10.4. The van der Waals surface area contributed by atoms with Crippen LogP contribution in [0.2, 0.25) is 5.02 Å². The maximum Gasteiger partial charge on any atom is 0.293 e. The van der Waals surface area contributed by atoms with Gasteiger partial charge in [0.05, 0.1) is 16.4 Å². The summed E-state index contributed by atoms with van der Waals surface area (Å²) in [6.45, 7) is 3.35. The van der Waals surface area contributed by atoms with E-state index in [0.29, 0.717) is 17.3 Å². The summed E-state index contributed by atoms with van der Waals surface area (Å²) in [5, 5.41) is 12.1. The average molecular weight is 267 g/mol. The third-order valence-corrected chi connectivity index (χ3v) is 2.62. The van der Waals surface area contributed by atoms with Crippen molar-refractivity contribution in [3.05, 3.63) is 40.6 Å². The second-order valence-corrected chi connectivity index (χ2v) is 4.17. The molecule has 0 spiro atoms. The Bertz CT molecular complexity index is 607. The highest BCUT2D eigenvalue weighted by Crippen LogP contribution is 2.26. The largest absolute Gasteiger partial charge is 0.508 e. The summed E-state index contributed by atoms with van der Waals surface area (Å²) in [5.74, 6) is 0.177. The monoisotopic (exact) mass is 266 g/mol. The number of phenolic OH excluding ortho intramolecular Hbond substituents is 1. The van der Waals surface area contributed by atoms with Crippen LogP contribution in [-0.2, 0) is 0 Å². The van der Waals surface area contributed by atoms with E-state index in [1.54, 1.807) is 13.8 Å². The van der Waals surface area contributed by atoms with Gasteiger partial charge in [-0.15, -0.1) is 0 Å². The summed E-state index contributed by atoms with van der Waals surface area (Å²) < 4.78 is 5.20. The molecule has 5 nitrogen and oxygen atoms in total. The van der Waals surface area contributed by atoms with Crippen molar-refractivity contribution in [3.63, 3.8) is 0 Å². The fraction of sp³-hybridized carbons (Fsp3) is 0.167. The van der Waals surface area contributed by atoms with E-state index in [2.05, 4.69) is 10.3 Å². The minimum atomic E-state index is -0.430. The first-order valence-electron chi connectivity index (χ1n) is 5.21. The summed E-state index contributed by atoms with van der Waals surface area (Å²) in [6.07, 6.45) is 0. The summed E-state index contributed by atoms with van der Waals surface area (Å²) in [5.41, 5.74) is 0.910. The van der Waals surface area contributed by atoms with Crippen LogP contribution in [-0.4, -0.2) is 16.0 Å². The van der Waals surface area contributed by atoms with E-state index in [-0.39, 0.29) is 16.5 Å². The number of aryl methyl sites for hydroxylation is 2. The van der Waals surface area contributed by atoms with E-state index < -0.39 is 5.91 Å². The fourth-order valence-electron chi connectivity index (χ4n) is 1.53. The van der Waals surface area contributed by atoms with Crippen molar-refractivity contribution in [2.45, 2.75) is 13.8 Å². The average Bonchev–Trinajstić information content (AvgIpc) is 2.62. The standard InChI is InChI=1S/C12H11ClN2O3/c1-6-11(18-7(2)14-6)12(17)15-10-4-3-8(16)5-9(10)13/h3-5,16H,1-2H3,(H,15,17). The molecule has 2 N–H and O–H groups in total. The number of rotatable bonds is 2. The smallest absolute Gasteiger partial charge is 0.293 e. The van der Waals surface area contributed by atoms with E-state index in [4.69, 9.17) is 16.0 Å². The van der Waals surface area contributed by atoms with Gasteiger partial charge in [-0.25, -0.2) is 4.98 Å². The van der Waals surface area contributed by atoms with Crippen molar-refractivity contribution in [2.24, 2.45) is 0 Å². The molecule has 2 aromatic rings. The van der Waals surface area contributed by atoms with Crippen LogP contribution in [0.15, 0.2) is 22.6 Å². The third-order valence-electron chi connectivity index (χ3n) is 2.31. The van der Waals surface area contributed by atoms with E-state index in [9.17, 15) is 9.90 Å². The van der Waals surface area contributed by atoms with Gasteiger partial charge in [-0.05, 0) is 19.1 Å². The lowest BCUT2D eigenvalue weighted by atomic mass is 10.3. The molecule has 0 aliphatic rings.